The number of furan rings is 1. The van der Waals surface area contributed by atoms with Gasteiger partial charge in [-0.25, -0.2) is 4.39 Å². The molecule has 0 radical (unpaired) electrons. The fourth-order valence-electron chi connectivity index (χ4n) is 4.48. The zero-order chi connectivity index (χ0) is 22.2. The molecule has 0 bridgehead atoms. The van der Waals surface area contributed by atoms with Crippen LogP contribution < -0.4 is 5.32 Å². The number of likely N-dealkylation sites (tertiary alicyclic amines) is 1. The number of amides is 2. The van der Waals surface area contributed by atoms with Crippen LogP contribution in [0.15, 0.2) is 59.0 Å². The van der Waals surface area contributed by atoms with E-state index in [1.54, 1.807) is 23.1 Å². The highest BCUT2D eigenvalue weighted by Crippen LogP contribution is 2.31. The lowest BCUT2D eigenvalue weighted by Gasteiger charge is -2.31. The lowest BCUT2D eigenvalue weighted by molar-refractivity contribution is -0.126. The van der Waals surface area contributed by atoms with Crippen molar-refractivity contribution >= 4 is 33.9 Å². The number of aromatic nitrogens is 1. The molecule has 0 spiro atoms. The maximum atomic E-state index is 13.2. The first-order valence-corrected chi connectivity index (χ1v) is 10.8. The predicted octanol–water partition coefficient (Wildman–Crippen LogP) is 4.23. The van der Waals surface area contributed by atoms with Crippen molar-refractivity contribution in [2.45, 2.75) is 19.4 Å². The van der Waals surface area contributed by atoms with Gasteiger partial charge in [0.25, 0.3) is 5.91 Å². The highest BCUT2D eigenvalue weighted by Gasteiger charge is 2.29. The third-order valence-electron chi connectivity index (χ3n) is 6.31. The molecule has 0 atom stereocenters. The molecular formula is C25H24FN3O3. The molecule has 2 aromatic heterocycles. The minimum absolute atomic E-state index is 0.0238. The van der Waals surface area contributed by atoms with E-state index in [4.69, 9.17) is 4.42 Å². The van der Waals surface area contributed by atoms with Gasteiger partial charge in [0.2, 0.25) is 5.91 Å². The zero-order valence-electron chi connectivity index (χ0n) is 17.8. The SMILES string of the molecule is Cn1c(C(=O)N2CCC(C(=O)NCc3ccc(F)cc3)CC2)cc2oc3ccccc3c21. The van der Waals surface area contributed by atoms with E-state index in [9.17, 15) is 14.0 Å². The van der Waals surface area contributed by atoms with E-state index in [0.29, 0.717) is 43.8 Å². The van der Waals surface area contributed by atoms with Gasteiger partial charge < -0.3 is 19.2 Å². The molecule has 0 saturated carbocycles. The summed E-state index contributed by atoms with van der Waals surface area (Å²) >= 11 is 0. The van der Waals surface area contributed by atoms with Crippen molar-refractivity contribution in [2.75, 3.05) is 13.1 Å². The molecule has 1 saturated heterocycles. The molecule has 6 nitrogen and oxygen atoms in total. The summed E-state index contributed by atoms with van der Waals surface area (Å²) in [6.45, 7) is 1.43. The first-order valence-electron chi connectivity index (χ1n) is 10.8. The number of nitrogens with zero attached hydrogens (tertiary/aromatic N) is 2. The van der Waals surface area contributed by atoms with Crippen molar-refractivity contribution in [3.05, 3.63) is 71.7 Å². The molecule has 2 amide bonds. The Labute approximate surface area is 184 Å². The lowest BCUT2D eigenvalue weighted by atomic mass is 9.95. The number of aryl methyl sites for hydroxylation is 1. The van der Waals surface area contributed by atoms with Crippen LogP contribution >= 0.6 is 0 Å². The van der Waals surface area contributed by atoms with E-state index >= 15 is 0 Å². The Morgan fingerprint density at radius 3 is 2.53 bits per heavy atom. The molecule has 32 heavy (non-hydrogen) atoms. The molecule has 5 rings (SSSR count). The quantitative estimate of drug-likeness (QED) is 0.524. The van der Waals surface area contributed by atoms with Crippen LogP contribution in [0.4, 0.5) is 4.39 Å². The Morgan fingerprint density at radius 1 is 1.06 bits per heavy atom. The second-order valence-electron chi connectivity index (χ2n) is 8.31. The third kappa shape index (κ3) is 3.64. The Morgan fingerprint density at radius 2 is 1.78 bits per heavy atom. The van der Waals surface area contributed by atoms with Crippen LogP contribution in [-0.2, 0) is 18.4 Å². The van der Waals surface area contributed by atoms with Crippen LogP contribution in [0.1, 0.15) is 28.9 Å². The summed E-state index contributed by atoms with van der Waals surface area (Å²) < 4.78 is 20.8. The highest BCUT2D eigenvalue weighted by atomic mass is 19.1. The molecule has 0 aliphatic carbocycles. The molecule has 164 valence electrons. The molecule has 3 heterocycles. The lowest BCUT2D eigenvalue weighted by Crippen LogP contribution is -2.43. The number of carbonyl (C=O) groups is 2. The van der Waals surface area contributed by atoms with Crippen LogP contribution in [0.25, 0.3) is 22.1 Å². The number of para-hydroxylation sites is 1. The molecule has 1 aliphatic heterocycles. The van der Waals surface area contributed by atoms with Gasteiger partial charge in [-0.05, 0) is 42.7 Å². The molecular weight excluding hydrogens is 409 g/mol. The Balaban J connectivity index is 1.22. The number of hydrogen-bond donors (Lipinski definition) is 1. The summed E-state index contributed by atoms with van der Waals surface area (Å²) in [4.78, 5) is 27.5. The molecule has 2 aromatic carbocycles. The maximum absolute atomic E-state index is 13.2. The number of halogens is 1. The van der Waals surface area contributed by atoms with E-state index in [1.807, 2.05) is 35.9 Å². The summed E-state index contributed by atoms with van der Waals surface area (Å²) in [5.74, 6) is -0.498. The monoisotopic (exact) mass is 433 g/mol. The van der Waals surface area contributed by atoms with Crippen LogP contribution in [0, 0.1) is 11.7 Å². The standard InChI is InChI=1S/C25H24FN3O3/c1-28-20(14-22-23(28)19-4-2-3-5-21(19)32-22)25(31)29-12-10-17(11-13-29)24(30)27-15-16-6-8-18(26)9-7-16/h2-9,14,17H,10-13,15H2,1H3,(H,27,30). The summed E-state index contributed by atoms with van der Waals surface area (Å²) in [7, 11) is 1.88. The Bertz CT molecular complexity index is 1300. The number of fused-ring (bicyclic) bond motifs is 3. The maximum Gasteiger partial charge on any atom is 0.270 e. The van der Waals surface area contributed by atoms with Crippen LogP contribution in [0.2, 0.25) is 0 Å². The van der Waals surface area contributed by atoms with Crippen molar-refractivity contribution in [1.29, 1.82) is 0 Å². The smallest absolute Gasteiger partial charge is 0.270 e. The second-order valence-corrected chi connectivity index (χ2v) is 8.31. The Kier molecular flexibility index (Phi) is 5.17. The number of piperidine rings is 1. The van der Waals surface area contributed by atoms with Crippen molar-refractivity contribution in [1.82, 2.24) is 14.8 Å². The second kappa shape index (κ2) is 8.15. The average Bonchev–Trinajstić information content (AvgIpc) is 3.34. The van der Waals surface area contributed by atoms with Crippen LogP contribution in [0.5, 0.6) is 0 Å². The highest BCUT2D eigenvalue weighted by molar-refractivity contribution is 6.07. The number of rotatable bonds is 4. The van der Waals surface area contributed by atoms with Gasteiger partial charge in [-0.2, -0.15) is 0 Å². The van der Waals surface area contributed by atoms with Crippen molar-refractivity contribution < 1.29 is 18.4 Å². The summed E-state index contributed by atoms with van der Waals surface area (Å²) in [6, 6.07) is 15.7. The number of nitrogens with one attached hydrogen (secondary N) is 1. The number of hydrogen-bond acceptors (Lipinski definition) is 3. The summed E-state index contributed by atoms with van der Waals surface area (Å²) in [5, 5.41) is 3.91. The summed E-state index contributed by atoms with van der Waals surface area (Å²) in [5.41, 5.74) is 3.86. The van der Waals surface area contributed by atoms with E-state index in [-0.39, 0.29) is 23.5 Å². The normalized spacial score (nSPS) is 14.9. The average molecular weight is 433 g/mol. The van der Waals surface area contributed by atoms with Gasteiger partial charge in [-0.3, -0.25) is 9.59 Å². The van der Waals surface area contributed by atoms with Gasteiger partial charge in [0.15, 0.2) is 5.58 Å². The zero-order valence-corrected chi connectivity index (χ0v) is 17.8. The van der Waals surface area contributed by atoms with E-state index in [0.717, 1.165) is 22.0 Å². The molecule has 1 N–H and O–H groups in total. The molecule has 1 aliphatic rings. The van der Waals surface area contributed by atoms with E-state index in [2.05, 4.69) is 5.32 Å². The fourth-order valence-corrected chi connectivity index (χ4v) is 4.48. The number of carbonyl (C=O) groups excluding carboxylic acids is 2. The molecule has 1 fully saturated rings. The first-order chi connectivity index (χ1) is 15.5. The van der Waals surface area contributed by atoms with E-state index < -0.39 is 0 Å². The van der Waals surface area contributed by atoms with Gasteiger partial charge in [0.1, 0.15) is 17.1 Å². The van der Waals surface area contributed by atoms with Crippen molar-refractivity contribution in [3.63, 3.8) is 0 Å². The molecule has 4 aromatic rings. The van der Waals surface area contributed by atoms with Gasteiger partial charge >= 0.3 is 0 Å². The number of benzene rings is 2. The Hall–Kier alpha value is -3.61. The van der Waals surface area contributed by atoms with Gasteiger partial charge in [0, 0.05) is 44.1 Å². The van der Waals surface area contributed by atoms with Crippen LogP contribution in [0.3, 0.4) is 0 Å². The van der Waals surface area contributed by atoms with E-state index in [1.165, 1.54) is 12.1 Å². The minimum atomic E-state index is -0.295. The topological polar surface area (TPSA) is 67.5 Å². The molecule has 7 heteroatoms. The third-order valence-corrected chi connectivity index (χ3v) is 6.31. The molecule has 0 unspecified atom stereocenters. The fraction of sp³-hybridized carbons (Fsp3) is 0.280. The minimum Gasteiger partial charge on any atom is -0.454 e. The van der Waals surface area contributed by atoms with Crippen molar-refractivity contribution in [2.24, 2.45) is 13.0 Å². The largest absolute Gasteiger partial charge is 0.454 e. The van der Waals surface area contributed by atoms with Gasteiger partial charge in [-0.1, -0.05) is 24.3 Å². The first kappa shape index (κ1) is 20.3. The van der Waals surface area contributed by atoms with Gasteiger partial charge in [0.05, 0.1) is 5.52 Å². The van der Waals surface area contributed by atoms with Gasteiger partial charge in [-0.15, -0.1) is 0 Å². The summed E-state index contributed by atoms with van der Waals surface area (Å²) in [6.07, 6.45) is 1.23. The van der Waals surface area contributed by atoms with Crippen LogP contribution in [-0.4, -0.2) is 34.4 Å². The predicted molar refractivity (Wildman–Crippen MR) is 120 cm³/mol. The van der Waals surface area contributed by atoms with Crippen molar-refractivity contribution in [3.8, 4) is 0 Å².